The highest BCUT2D eigenvalue weighted by Gasteiger charge is 2.37. The van der Waals surface area contributed by atoms with Crippen LogP contribution in [0.1, 0.15) is 36.6 Å². The van der Waals surface area contributed by atoms with E-state index in [2.05, 4.69) is 19.2 Å². The average Bonchev–Trinajstić information content (AvgIpc) is 3.16. The molecule has 0 saturated carbocycles. The van der Waals surface area contributed by atoms with Gasteiger partial charge in [-0.15, -0.1) is 11.8 Å². The molecule has 4 rings (SSSR count). The molecular weight excluding hydrogens is 488 g/mol. The molecule has 1 atom stereocenters. The van der Waals surface area contributed by atoms with Crippen LogP contribution in [0.25, 0.3) is 11.3 Å². The number of hydrogen-bond donors (Lipinski definition) is 1. The van der Waals surface area contributed by atoms with Gasteiger partial charge in [0.2, 0.25) is 11.8 Å². The molecule has 3 aromatic rings. The highest BCUT2D eigenvalue weighted by atomic mass is 32.2. The number of carbonyl (C=O) groups excluding carboxylic acids is 2. The third kappa shape index (κ3) is 5.77. The van der Waals surface area contributed by atoms with Gasteiger partial charge in [0.15, 0.2) is 0 Å². The number of carbonyl (C=O) groups is 2. The first-order valence-electron chi connectivity index (χ1n) is 12.4. The molecule has 2 aromatic carbocycles. The predicted octanol–water partition coefficient (Wildman–Crippen LogP) is 4.44. The van der Waals surface area contributed by atoms with Gasteiger partial charge >= 0.3 is 0 Å². The van der Waals surface area contributed by atoms with Crippen molar-refractivity contribution < 1.29 is 19.1 Å². The minimum Gasteiger partial charge on any atom is -0.497 e. The summed E-state index contributed by atoms with van der Waals surface area (Å²) in [6, 6.07) is 15.6. The quantitative estimate of drug-likeness (QED) is 0.447. The van der Waals surface area contributed by atoms with Crippen molar-refractivity contribution in [3.05, 3.63) is 59.7 Å². The Hall–Kier alpha value is -3.46. The van der Waals surface area contributed by atoms with Crippen LogP contribution in [0.15, 0.2) is 48.5 Å². The fourth-order valence-corrected chi connectivity index (χ4v) is 5.70. The van der Waals surface area contributed by atoms with Crippen molar-refractivity contribution in [3.63, 3.8) is 0 Å². The monoisotopic (exact) mass is 522 g/mol. The van der Waals surface area contributed by atoms with E-state index in [9.17, 15) is 9.59 Å². The van der Waals surface area contributed by atoms with Crippen molar-refractivity contribution in [2.75, 3.05) is 38.0 Å². The van der Waals surface area contributed by atoms with Crippen LogP contribution >= 0.6 is 11.8 Å². The van der Waals surface area contributed by atoms with Crippen LogP contribution in [0, 0.1) is 5.92 Å². The fourth-order valence-electron chi connectivity index (χ4n) is 4.49. The SMILES string of the molecule is COc1ccc(OC)c(C2SCC(=O)N(CC(=O)NCCC(C)C)c3c2c(-c2ccccc2)nn3C)c1. The summed E-state index contributed by atoms with van der Waals surface area (Å²) in [7, 11) is 5.08. The molecule has 0 aliphatic carbocycles. The van der Waals surface area contributed by atoms with Gasteiger partial charge in [0, 0.05) is 30.3 Å². The maximum Gasteiger partial charge on any atom is 0.240 e. The van der Waals surface area contributed by atoms with Crippen LogP contribution in [0.5, 0.6) is 11.5 Å². The zero-order valence-corrected chi connectivity index (χ0v) is 22.8. The van der Waals surface area contributed by atoms with E-state index in [1.54, 1.807) is 23.8 Å². The Labute approximate surface area is 222 Å². The Kier molecular flexibility index (Phi) is 8.43. The molecule has 1 aromatic heterocycles. The van der Waals surface area contributed by atoms with E-state index in [1.807, 2.05) is 55.6 Å². The lowest BCUT2D eigenvalue weighted by Gasteiger charge is -2.23. The summed E-state index contributed by atoms with van der Waals surface area (Å²) in [5.74, 6) is 2.35. The number of aromatic nitrogens is 2. The molecule has 0 bridgehead atoms. The number of hydrogen-bond acceptors (Lipinski definition) is 6. The molecule has 1 aliphatic rings. The average molecular weight is 523 g/mol. The van der Waals surface area contributed by atoms with Gasteiger partial charge < -0.3 is 14.8 Å². The second kappa shape index (κ2) is 11.7. The van der Waals surface area contributed by atoms with Crippen molar-refractivity contribution in [1.29, 1.82) is 0 Å². The van der Waals surface area contributed by atoms with Crippen molar-refractivity contribution in [1.82, 2.24) is 15.1 Å². The number of anilines is 1. The summed E-state index contributed by atoms with van der Waals surface area (Å²) in [5, 5.41) is 7.55. The summed E-state index contributed by atoms with van der Waals surface area (Å²) in [6.45, 7) is 4.73. The molecule has 2 amide bonds. The normalized spacial score (nSPS) is 15.4. The van der Waals surface area contributed by atoms with E-state index in [1.165, 1.54) is 11.8 Å². The second-order valence-electron chi connectivity index (χ2n) is 9.39. The number of thioether (sulfide) groups is 1. The number of rotatable bonds is 9. The minimum atomic E-state index is -0.276. The standard InChI is InChI=1S/C28H34N4O4S/c1-18(2)13-14-29-23(33)16-32-24(34)17-37-27(21-15-20(35-4)11-12-22(21)36-5)25-26(30-31(3)28(25)32)19-9-7-6-8-10-19/h6-12,15,18,27H,13-14,16-17H2,1-5H3,(H,29,33). The molecule has 1 unspecified atom stereocenters. The van der Waals surface area contributed by atoms with Crippen LogP contribution in [-0.4, -0.2) is 54.7 Å². The molecule has 9 heteroatoms. The van der Waals surface area contributed by atoms with E-state index >= 15 is 0 Å². The van der Waals surface area contributed by atoms with E-state index in [0.29, 0.717) is 29.8 Å². The maximum atomic E-state index is 13.5. The lowest BCUT2D eigenvalue weighted by molar-refractivity contribution is -0.122. The molecule has 196 valence electrons. The first-order valence-corrected chi connectivity index (χ1v) is 13.4. The van der Waals surface area contributed by atoms with E-state index in [-0.39, 0.29) is 29.4 Å². The topological polar surface area (TPSA) is 85.7 Å². The van der Waals surface area contributed by atoms with Gasteiger partial charge in [-0.25, -0.2) is 0 Å². The van der Waals surface area contributed by atoms with Crippen LogP contribution in [-0.2, 0) is 16.6 Å². The minimum absolute atomic E-state index is 0.0692. The number of nitrogens with one attached hydrogen (secondary N) is 1. The largest absolute Gasteiger partial charge is 0.497 e. The van der Waals surface area contributed by atoms with Crippen LogP contribution in [0.3, 0.4) is 0 Å². The second-order valence-corrected chi connectivity index (χ2v) is 10.5. The van der Waals surface area contributed by atoms with Gasteiger partial charge in [-0.3, -0.25) is 19.2 Å². The van der Waals surface area contributed by atoms with Crippen LogP contribution in [0.2, 0.25) is 0 Å². The number of nitrogens with zero attached hydrogens (tertiary/aromatic N) is 3. The predicted molar refractivity (Wildman–Crippen MR) is 147 cm³/mol. The number of aryl methyl sites for hydroxylation is 1. The molecule has 0 radical (unpaired) electrons. The van der Waals surface area contributed by atoms with Crippen LogP contribution < -0.4 is 19.7 Å². The molecule has 37 heavy (non-hydrogen) atoms. The zero-order valence-electron chi connectivity index (χ0n) is 22.0. The van der Waals surface area contributed by atoms with Crippen molar-refractivity contribution in [2.45, 2.75) is 25.5 Å². The third-order valence-electron chi connectivity index (χ3n) is 6.36. The summed E-state index contributed by atoms with van der Waals surface area (Å²) in [6.07, 6.45) is 0.877. The van der Waals surface area contributed by atoms with Gasteiger partial charge in [-0.2, -0.15) is 5.10 Å². The van der Waals surface area contributed by atoms with Crippen molar-refractivity contribution in [2.24, 2.45) is 13.0 Å². The summed E-state index contributed by atoms with van der Waals surface area (Å²) in [5.41, 5.74) is 3.45. The zero-order chi connectivity index (χ0) is 26.5. The molecule has 0 spiro atoms. The smallest absolute Gasteiger partial charge is 0.240 e. The van der Waals surface area contributed by atoms with E-state index in [0.717, 1.165) is 28.8 Å². The first-order chi connectivity index (χ1) is 17.8. The summed E-state index contributed by atoms with van der Waals surface area (Å²) < 4.78 is 13.0. The van der Waals surface area contributed by atoms with Gasteiger partial charge in [0.1, 0.15) is 23.9 Å². The molecule has 8 nitrogen and oxygen atoms in total. The Balaban J connectivity index is 1.85. The van der Waals surface area contributed by atoms with Crippen LogP contribution in [0.4, 0.5) is 5.82 Å². The number of ether oxygens (including phenoxy) is 2. The van der Waals surface area contributed by atoms with Gasteiger partial charge in [-0.05, 0) is 30.5 Å². The highest BCUT2D eigenvalue weighted by molar-refractivity contribution is 8.00. The molecule has 1 N–H and O–H groups in total. The molecule has 0 saturated heterocycles. The Morgan fingerprint density at radius 1 is 1.16 bits per heavy atom. The first kappa shape index (κ1) is 26.6. The lowest BCUT2D eigenvalue weighted by atomic mass is 9.98. The van der Waals surface area contributed by atoms with Gasteiger partial charge in [-0.1, -0.05) is 44.2 Å². The molecule has 0 fully saturated rings. The molecule has 1 aliphatic heterocycles. The number of amides is 2. The number of fused-ring (bicyclic) bond motifs is 1. The number of methoxy groups -OCH3 is 2. The summed E-state index contributed by atoms with van der Waals surface area (Å²) in [4.78, 5) is 27.9. The maximum absolute atomic E-state index is 13.5. The lowest BCUT2D eigenvalue weighted by Crippen LogP contribution is -2.42. The highest BCUT2D eigenvalue weighted by Crippen LogP contribution is 2.50. The van der Waals surface area contributed by atoms with Gasteiger partial charge in [0.05, 0.1) is 30.9 Å². The molecular formula is C28H34N4O4S. The van der Waals surface area contributed by atoms with Crippen molar-refractivity contribution >= 4 is 29.4 Å². The fraction of sp³-hybridized carbons (Fsp3) is 0.393. The summed E-state index contributed by atoms with van der Waals surface area (Å²) >= 11 is 1.50. The molecule has 2 heterocycles. The Morgan fingerprint density at radius 3 is 2.59 bits per heavy atom. The third-order valence-corrected chi connectivity index (χ3v) is 7.59. The van der Waals surface area contributed by atoms with E-state index < -0.39 is 0 Å². The Bertz CT molecular complexity index is 1260. The van der Waals surface area contributed by atoms with E-state index in [4.69, 9.17) is 14.6 Å². The van der Waals surface area contributed by atoms with Crippen molar-refractivity contribution in [3.8, 4) is 22.8 Å². The number of benzene rings is 2. The van der Waals surface area contributed by atoms with Gasteiger partial charge in [0.25, 0.3) is 0 Å². The Morgan fingerprint density at radius 2 is 1.92 bits per heavy atom.